The second-order valence-electron chi connectivity index (χ2n) is 13.1. The third-order valence-electron chi connectivity index (χ3n) is 8.57. The van der Waals surface area contributed by atoms with Crippen LogP contribution < -0.4 is 0 Å². The van der Waals surface area contributed by atoms with Gasteiger partial charge in [-0.1, -0.05) is 109 Å². The number of hydrogen-bond acceptors (Lipinski definition) is 3. The van der Waals surface area contributed by atoms with Gasteiger partial charge in [-0.2, -0.15) is 0 Å². The predicted molar refractivity (Wildman–Crippen MR) is 182 cm³/mol. The van der Waals surface area contributed by atoms with Crippen LogP contribution in [0.25, 0.3) is 44.3 Å². The first-order chi connectivity index (χ1) is 20.5. The molecule has 5 rings (SSSR count). The number of ketones is 1. The number of nitrogens with zero attached hydrogens (tertiary/aromatic N) is 1. The number of pyridine rings is 1. The van der Waals surface area contributed by atoms with E-state index < -0.39 is 0 Å². The normalized spacial score (nSPS) is 12.2. The summed E-state index contributed by atoms with van der Waals surface area (Å²) >= 11 is 0. The maximum atomic E-state index is 11.7. The van der Waals surface area contributed by atoms with E-state index in [1.54, 1.807) is 0 Å². The maximum Gasteiger partial charge on any atom is 0.162 e. The van der Waals surface area contributed by atoms with Crippen molar-refractivity contribution in [3.8, 4) is 33.5 Å². The fourth-order valence-corrected chi connectivity index (χ4v) is 6.27. The van der Waals surface area contributed by atoms with E-state index in [4.69, 9.17) is 4.98 Å². The number of fused-ring (bicyclic) bond motifs is 5. The van der Waals surface area contributed by atoms with Crippen molar-refractivity contribution in [2.24, 2.45) is 17.3 Å². The Hall–Kier alpha value is -3.07. The van der Waals surface area contributed by atoms with Crippen LogP contribution in [0.3, 0.4) is 0 Å². The van der Waals surface area contributed by atoms with Crippen LogP contribution in [-0.4, -0.2) is 15.9 Å². The SMILES string of the molecule is CCC(CC)C(=O)/C=C(\O)C(CC)CC.Cc1[c-]c2c3c(cccc3c1)-c1ccc(CC(C)(C)C)cc1-c1cccnc1-2.[Ir]. The van der Waals surface area contributed by atoms with Crippen LogP contribution in [0, 0.1) is 30.2 Å². The van der Waals surface area contributed by atoms with Gasteiger partial charge in [0.25, 0.3) is 0 Å². The van der Waals surface area contributed by atoms with E-state index in [1.165, 1.54) is 44.7 Å². The van der Waals surface area contributed by atoms with Gasteiger partial charge in [0.15, 0.2) is 5.78 Å². The van der Waals surface area contributed by atoms with E-state index in [-0.39, 0.29) is 48.9 Å². The number of rotatable bonds is 8. The molecule has 44 heavy (non-hydrogen) atoms. The topological polar surface area (TPSA) is 50.2 Å². The number of hydrogen-bond donors (Lipinski definition) is 1. The van der Waals surface area contributed by atoms with Crippen molar-refractivity contribution in [3.05, 3.63) is 89.8 Å². The number of aliphatic hydroxyl groups excluding tert-OH is 1. The summed E-state index contributed by atoms with van der Waals surface area (Å²) in [6.07, 6.45) is 7.86. The van der Waals surface area contributed by atoms with Crippen molar-refractivity contribution in [3.63, 3.8) is 0 Å². The smallest absolute Gasteiger partial charge is 0.162 e. The van der Waals surface area contributed by atoms with Crippen LogP contribution in [-0.2, 0) is 31.3 Å². The molecule has 1 aromatic heterocycles. The zero-order valence-corrected chi connectivity index (χ0v) is 30.1. The van der Waals surface area contributed by atoms with Crippen molar-refractivity contribution in [2.45, 2.75) is 87.5 Å². The van der Waals surface area contributed by atoms with Crippen molar-refractivity contribution in [1.29, 1.82) is 0 Å². The molecule has 1 radical (unpaired) electrons. The molecule has 0 unspecified atom stereocenters. The van der Waals surface area contributed by atoms with Crippen LogP contribution in [0.15, 0.2) is 72.6 Å². The van der Waals surface area contributed by atoms with Gasteiger partial charge in [-0.3, -0.25) is 4.79 Å². The van der Waals surface area contributed by atoms with Gasteiger partial charge in [0.1, 0.15) is 0 Å². The summed E-state index contributed by atoms with van der Waals surface area (Å²) in [5, 5.41) is 12.3. The Bertz CT molecular complexity index is 1620. The van der Waals surface area contributed by atoms with Crippen molar-refractivity contribution >= 4 is 16.6 Å². The molecule has 0 saturated carbocycles. The van der Waals surface area contributed by atoms with E-state index >= 15 is 0 Å². The average molecular weight is 767 g/mol. The van der Waals surface area contributed by atoms with Gasteiger partial charge < -0.3 is 10.1 Å². The van der Waals surface area contributed by atoms with Gasteiger partial charge >= 0.3 is 0 Å². The molecule has 0 amide bonds. The molecule has 0 bridgehead atoms. The minimum atomic E-state index is 0. The summed E-state index contributed by atoms with van der Waals surface area (Å²) in [5.41, 5.74) is 9.98. The molecule has 0 spiro atoms. The average Bonchev–Trinajstić information content (AvgIpc) is 3.08. The summed E-state index contributed by atoms with van der Waals surface area (Å²) in [5.74, 6) is 0.547. The Morgan fingerprint density at radius 1 is 0.864 bits per heavy atom. The second-order valence-corrected chi connectivity index (χ2v) is 13.1. The first kappa shape index (κ1) is 35.4. The van der Waals surface area contributed by atoms with E-state index in [1.807, 2.05) is 40.0 Å². The summed E-state index contributed by atoms with van der Waals surface area (Å²) < 4.78 is 0. The standard InChI is InChI=1S/C27H24N.C13H24O2.Ir/c1-17-13-19-7-5-8-21-20-11-10-18(16-27(2,3)4)15-23(20)22-9-6-12-28-26(22)24(14-17)25(19)21;1-5-10(6-2)12(14)9-13(15)11(7-3)8-4;/h5-13,15H,16H2,1-4H3;9-11,14H,5-8H2,1-4H3;/q-1;;/b;12-9-;. The molecule has 3 aromatic carbocycles. The maximum absolute atomic E-state index is 11.7. The van der Waals surface area contributed by atoms with E-state index in [0.717, 1.165) is 48.9 Å². The van der Waals surface area contributed by atoms with Crippen LogP contribution in [0.5, 0.6) is 0 Å². The summed E-state index contributed by atoms with van der Waals surface area (Å²) in [6.45, 7) is 17.1. The first-order valence-electron chi connectivity index (χ1n) is 16.0. The van der Waals surface area contributed by atoms with Crippen LogP contribution >= 0.6 is 0 Å². The molecule has 1 N–H and O–H groups in total. The minimum absolute atomic E-state index is 0. The third-order valence-corrected chi connectivity index (χ3v) is 8.57. The Labute approximate surface area is 278 Å². The zero-order valence-electron chi connectivity index (χ0n) is 27.7. The van der Waals surface area contributed by atoms with E-state index in [0.29, 0.717) is 0 Å². The van der Waals surface area contributed by atoms with E-state index in [2.05, 4.69) is 82.3 Å². The molecule has 0 saturated heterocycles. The van der Waals surface area contributed by atoms with Crippen LogP contribution in [0.4, 0.5) is 0 Å². The number of carbonyl (C=O) groups excluding carboxylic acids is 1. The van der Waals surface area contributed by atoms with Crippen molar-refractivity contribution in [2.75, 3.05) is 0 Å². The fourth-order valence-electron chi connectivity index (χ4n) is 6.27. The molecule has 0 atom stereocenters. The summed E-state index contributed by atoms with van der Waals surface area (Å²) in [4.78, 5) is 16.5. The largest absolute Gasteiger partial charge is 0.512 e. The molecule has 1 aliphatic carbocycles. The first-order valence-corrected chi connectivity index (χ1v) is 16.0. The van der Waals surface area contributed by atoms with Crippen molar-refractivity contribution in [1.82, 2.24) is 4.98 Å². The van der Waals surface area contributed by atoms with Gasteiger partial charge in [0.2, 0.25) is 0 Å². The van der Waals surface area contributed by atoms with Gasteiger partial charge in [-0.15, -0.1) is 28.6 Å². The molecule has 235 valence electrons. The fraction of sp³-hybridized carbons (Fsp3) is 0.400. The van der Waals surface area contributed by atoms with E-state index in [9.17, 15) is 9.90 Å². The molecule has 1 aliphatic rings. The third kappa shape index (κ3) is 7.95. The van der Waals surface area contributed by atoms with Crippen LogP contribution in [0.1, 0.15) is 85.3 Å². The molecule has 0 aliphatic heterocycles. The van der Waals surface area contributed by atoms with Crippen molar-refractivity contribution < 1.29 is 30.0 Å². The molecule has 3 nitrogen and oxygen atoms in total. The Balaban J connectivity index is 0.000000286. The number of aryl methyl sites for hydroxylation is 1. The monoisotopic (exact) mass is 767 g/mol. The van der Waals surface area contributed by atoms with Crippen LogP contribution in [0.2, 0.25) is 0 Å². The molecule has 4 aromatic rings. The predicted octanol–water partition coefficient (Wildman–Crippen LogP) is 11.1. The molecule has 4 heteroatoms. The van der Waals surface area contributed by atoms with Gasteiger partial charge in [0, 0.05) is 44.2 Å². The molecule has 0 fully saturated rings. The second kappa shape index (κ2) is 15.3. The van der Waals surface area contributed by atoms with Gasteiger partial charge in [-0.05, 0) is 71.5 Å². The molecule has 1 heterocycles. The van der Waals surface area contributed by atoms with Gasteiger partial charge in [-0.25, -0.2) is 0 Å². The zero-order chi connectivity index (χ0) is 31.3. The summed E-state index contributed by atoms with van der Waals surface area (Å²) in [6, 6.07) is 23.7. The van der Waals surface area contributed by atoms with Gasteiger partial charge in [0.05, 0.1) is 5.76 Å². The Morgan fingerprint density at radius 2 is 1.52 bits per heavy atom. The minimum Gasteiger partial charge on any atom is -0.512 e. The number of aliphatic hydroxyl groups is 1. The Kier molecular flexibility index (Phi) is 12.3. The summed E-state index contributed by atoms with van der Waals surface area (Å²) in [7, 11) is 0. The number of carbonyl (C=O) groups is 1. The number of benzene rings is 3. The quantitative estimate of drug-likeness (QED) is 0.0972. The Morgan fingerprint density at radius 3 is 2.16 bits per heavy atom. The molecular formula is C40H48IrNO2-. The number of allylic oxidation sites excluding steroid dienone is 2. The number of aromatic nitrogens is 1. The molecular weight excluding hydrogens is 719 g/mol.